The van der Waals surface area contributed by atoms with Crippen LogP contribution in [0, 0.1) is 11.6 Å². The number of amides is 2. The molecule has 1 aliphatic carbocycles. The quantitative estimate of drug-likeness (QED) is 0.339. The van der Waals surface area contributed by atoms with Crippen LogP contribution in [0.15, 0.2) is 58.1 Å². The van der Waals surface area contributed by atoms with E-state index in [4.69, 9.17) is 0 Å². The van der Waals surface area contributed by atoms with Crippen LogP contribution < -0.4 is 31.5 Å². The molecule has 0 radical (unpaired) electrons. The molecule has 1 fully saturated rings. The Labute approximate surface area is 205 Å². The van der Waals surface area contributed by atoms with Crippen LogP contribution in [-0.4, -0.2) is 26.5 Å². The summed E-state index contributed by atoms with van der Waals surface area (Å²) in [6.07, 6.45) is 2.14. The summed E-state index contributed by atoms with van der Waals surface area (Å²) < 4.78 is 53.8. The van der Waals surface area contributed by atoms with Crippen molar-refractivity contribution in [2.75, 3.05) is 15.4 Å². The molecule has 2 amide bonds. The highest BCUT2D eigenvalue weighted by Gasteiger charge is 2.29. The van der Waals surface area contributed by atoms with E-state index in [1.807, 2.05) is 0 Å². The summed E-state index contributed by atoms with van der Waals surface area (Å²) in [5, 5.41) is 8.10. The predicted octanol–water partition coefficient (Wildman–Crippen LogP) is 3.05. The van der Waals surface area contributed by atoms with Crippen LogP contribution in [0.4, 0.5) is 30.6 Å². The second-order valence-corrected chi connectivity index (χ2v) is 10.4. The number of urea groups is 1. The van der Waals surface area contributed by atoms with E-state index in [1.165, 1.54) is 0 Å². The van der Waals surface area contributed by atoms with E-state index in [9.17, 15) is 31.6 Å². The summed E-state index contributed by atoms with van der Waals surface area (Å²) >= 11 is 0. The van der Waals surface area contributed by atoms with Gasteiger partial charge in [-0.2, -0.15) is 0 Å². The number of hydrogen-bond donors (Lipinski definition) is 4. The number of nitrogens with one attached hydrogen (secondary N) is 4. The third-order valence-corrected chi connectivity index (χ3v) is 7.13. The zero-order valence-corrected chi connectivity index (χ0v) is 19.8. The highest BCUT2D eigenvalue weighted by atomic mass is 32.2. The summed E-state index contributed by atoms with van der Waals surface area (Å²) in [4.78, 5) is 36.3. The van der Waals surface area contributed by atoms with Gasteiger partial charge in [0, 0.05) is 23.8 Å². The van der Waals surface area contributed by atoms with Crippen molar-refractivity contribution in [3.8, 4) is 0 Å². The van der Waals surface area contributed by atoms with Crippen LogP contribution in [0.25, 0.3) is 0 Å². The van der Waals surface area contributed by atoms with E-state index in [2.05, 4.69) is 20.7 Å². The molecule has 3 aromatic rings. The van der Waals surface area contributed by atoms with Gasteiger partial charge in [-0.05, 0) is 43.4 Å². The molecule has 4 N–H and O–H groups in total. The average Bonchev–Trinajstić information content (AvgIpc) is 2.81. The molecule has 36 heavy (non-hydrogen) atoms. The van der Waals surface area contributed by atoms with Gasteiger partial charge in [0.25, 0.3) is 10.9 Å². The minimum atomic E-state index is -3.90. The van der Waals surface area contributed by atoms with Crippen molar-refractivity contribution in [1.29, 1.82) is 0 Å². The molecule has 0 heterocycles. The largest absolute Gasteiger partial charge is 0.377 e. The van der Waals surface area contributed by atoms with E-state index in [0.717, 1.165) is 12.1 Å². The first-order valence-corrected chi connectivity index (χ1v) is 12.9. The topological polar surface area (TPSA) is 133 Å². The molecule has 4 rings (SSSR count). The van der Waals surface area contributed by atoms with Gasteiger partial charge < -0.3 is 16.0 Å². The molecule has 3 aromatic carbocycles. The molecule has 9 nitrogen and oxygen atoms in total. The summed E-state index contributed by atoms with van der Waals surface area (Å²) in [5.74, 6) is -1.96. The van der Waals surface area contributed by atoms with E-state index in [-0.39, 0.29) is 34.9 Å². The maximum Gasteiger partial charge on any atom is 0.319 e. The third kappa shape index (κ3) is 6.25. The van der Waals surface area contributed by atoms with Crippen LogP contribution in [0.2, 0.25) is 0 Å². The Bertz CT molecular complexity index is 1410. The lowest BCUT2D eigenvalue weighted by molar-refractivity contribution is 0.243. The number of halogens is 2. The molecule has 12 heteroatoms. The molecule has 0 saturated heterocycles. The summed E-state index contributed by atoms with van der Waals surface area (Å²) in [6.45, 7) is 0. The number of anilines is 3. The molecule has 0 atom stereocenters. The van der Waals surface area contributed by atoms with Crippen LogP contribution in [0.3, 0.4) is 0 Å². The van der Waals surface area contributed by atoms with Crippen molar-refractivity contribution in [3.63, 3.8) is 0 Å². The van der Waals surface area contributed by atoms with Gasteiger partial charge >= 0.3 is 6.03 Å². The Morgan fingerprint density at radius 3 is 2.08 bits per heavy atom. The summed E-state index contributed by atoms with van der Waals surface area (Å²) in [7, 11) is -3.90. The van der Waals surface area contributed by atoms with Crippen molar-refractivity contribution in [2.24, 2.45) is 0 Å². The third-order valence-electron chi connectivity index (χ3n) is 5.90. The second kappa shape index (κ2) is 10.4. The fourth-order valence-corrected chi connectivity index (χ4v) is 5.39. The fraction of sp³-hybridized carbons (Fsp3) is 0.292. The fourth-order valence-electron chi connectivity index (χ4n) is 4.18. The number of carbonyl (C=O) groups excluding carboxylic acids is 1. The van der Waals surface area contributed by atoms with Crippen LogP contribution in [0.5, 0.6) is 0 Å². The van der Waals surface area contributed by atoms with Gasteiger partial charge in [-0.15, -0.1) is 0 Å². The maximum atomic E-state index is 13.3. The lowest BCUT2D eigenvalue weighted by Gasteiger charge is -2.31. The first kappa shape index (κ1) is 25.3. The van der Waals surface area contributed by atoms with E-state index < -0.39 is 38.5 Å². The minimum Gasteiger partial charge on any atom is -0.377 e. The normalized spacial score (nSPS) is 17.9. The van der Waals surface area contributed by atoms with Crippen molar-refractivity contribution in [2.45, 2.75) is 43.5 Å². The first-order chi connectivity index (χ1) is 17.1. The van der Waals surface area contributed by atoms with E-state index >= 15 is 0 Å². The van der Waals surface area contributed by atoms with E-state index in [0.29, 0.717) is 37.3 Å². The number of rotatable bonds is 8. The van der Waals surface area contributed by atoms with Gasteiger partial charge in [-0.25, -0.2) is 22.0 Å². The van der Waals surface area contributed by atoms with Gasteiger partial charge in [-0.3, -0.25) is 14.3 Å². The zero-order chi connectivity index (χ0) is 25.9. The van der Waals surface area contributed by atoms with Crippen LogP contribution in [-0.2, 0) is 15.8 Å². The molecular formula is C24H24F2N4O5S. The SMILES string of the molecule is O=C(Nc1cc(F)cc(F)c1)NC1CCC(Nc2c(NS(=O)(=O)Cc3ccccc3)c(=O)c2=O)CC1. The standard InChI is InChI=1S/C24H24F2N4O5S/c25-15-10-16(26)12-19(11-15)29-24(33)28-18-8-6-17(7-9-18)27-20-21(23(32)22(20)31)30-36(34,35)13-14-4-2-1-3-5-14/h1-5,10-12,17-18,27,30H,6-9,13H2,(H2,28,29,33). The molecule has 1 aliphatic rings. The average molecular weight is 519 g/mol. The molecule has 0 bridgehead atoms. The second-order valence-electron chi connectivity index (χ2n) is 8.70. The highest BCUT2D eigenvalue weighted by molar-refractivity contribution is 7.91. The highest BCUT2D eigenvalue weighted by Crippen LogP contribution is 2.25. The summed E-state index contributed by atoms with van der Waals surface area (Å²) in [6, 6.07) is 10.1. The van der Waals surface area contributed by atoms with Gasteiger partial charge in [-0.1, -0.05) is 30.3 Å². The van der Waals surface area contributed by atoms with Crippen molar-refractivity contribution in [1.82, 2.24) is 5.32 Å². The lowest BCUT2D eigenvalue weighted by atomic mass is 9.91. The Hall–Kier alpha value is -3.80. The molecular weight excluding hydrogens is 494 g/mol. The smallest absolute Gasteiger partial charge is 0.319 e. The Morgan fingerprint density at radius 2 is 1.44 bits per heavy atom. The number of hydrogen-bond acceptors (Lipinski definition) is 6. The van der Waals surface area contributed by atoms with Gasteiger partial charge in [0.15, 0.2) is 0 Å². The number of benzene rings is 2. The molecule has 190 valence electrons. The Balaban J connectivity index is 1.30. The van der Waals surface area contributed by atoms with Gasteiger partial charge in [0.2, 0.25) is 10.0 Å². The summed E-state index contributed by atoms with van der Waals surface area (Å²) in [5.41, 5.74) is -1.47. The maximum absolute atomic E-state index is 13.3. The van der Waals surface area contributed by atoms with E-state index in [1.54, 1.807) is 30.3 Å². The van der Waals surface area contributed by atoms with Gasteiger partial charge in [0.1, 0.15) is 23.0 Å². The van der Waals surface area contributed by atoms with Gasteiger partial charge in [0.05, 0.1) is 5.75 Å². The van der Waals surface area contributed by atoms with Crippen molar-refractivity contribution in [3.05, 3.63) is 86.2 Å². The first-order valence-electron chi connectivity index (χ1n) is 11.3. The lowest BCUT2D eigenvalue weighted by Crippen LogP contribution is -2.44. The number of sulfonamides is 1. The van der Waals surface area contributed by atoms with Crippen LogP contribution in [0.1, 0.15) is 31.2 Å². The monoisotopic (exact) mass is 518 g/mol. The molecule has 0 aliphatic heterocycles. The predicted molar refractivity (Wildman–Crippen MR) is 132 cm³/mol. The molecule has 1 saturated carbocycles. The van der Waals surface area contributed by atoms with Crippen molar-refractivity contribution < 1.29 is 22.0 Å². The van der Waals surface area contributed by atoms with Crippen molar-refractivity contribution >= 4 is 33.1 Å². The zero-order valence-electron chi connectivity index (χ0n) is 19.0. The number of carbonyl (C=O) groups is 1. The Kier molecular flexibility index (Phi) is 7.34. The Morgan fingerprint density at radius 1 is 0.861 bits per heavy atom. The molecule has 0 spiro atoms. The molecule has 0 aromatic heterocycles. The van der Waals surface area contributed by atoms with Crippen LogP contribution >= 0.6 is 0 Å². The molecule has 0 unspecified atom stereocenters. The minimum absolute atomic E-state index is 0.0114.